The first-order chi connectivity index (χ1) is 4.60. The minimum absolute atomic E-state index is 0.312. The standard InChI is InChI=1S/C7H12ClNO/c8-6-1-5(2-6)3-7(6,10)4-9/h5,10H,1-4,9H2. The van der Waals surface area contributed by atoms with Crippen LogP contribution in [0.3, 0.4) is 0 Å². The minimum atomic E-state index is -0.751. The van der Waals surface area contributed by atoms with E-state index in [2.05, 4.69) is 0 Å². The Bertz CT molecular complexity index is 167. The van der Waals surface area contributed by atoms with Crippen LogP contribution in [0.5, 0.6) is 0 Å². The van der Waals surface area contributed by atoms with Crippen molar-refractivity contribution in [1.82, 2.24) is 0 Å². The summed E-state index contributed by atoms with van der Waals surface area (Å²) in [5, 5.41) is 9.81. The van der Waals surface area contributed by atoms with Crippen LogP contribution >= 0.6 is 11.6 Å². The Kier molecular flexibility index (Phi) is 1.16. The molecule has 3 heteroatoms. The van der Waals surface area contributed by atoms with Crippen molar-refractivity contribution in [1.29, 1.82) is 0 Å². The molecule has 0 aromatic carbocycles. The number of fused-ring (bicyclic) bond motifs is 1. The maximum absolute atomic E-state index is 9.81. The molecule has 3 aliphatic rings. The van der Waals surface area contributed by atoms with Crippen LogP contribution in [0.15, 0.2) is 0 Å². The molecule has 0 aromatic heterocycles. The zero-order valence-corrected chi connectivity index (χ0v) is 6.56. The molecule has 0 saturated heterocycles. The van der Waals surface area contributed by atoms with Gasteiger partial charge in [0.25, 0.3) is 0 Å². The lowest BCUT2D eigenvalue weighted by Crippen LogP contribution is -2.51. The third-order valence-corrected chi connectivity index (χ3v) is 3.68. The predicted molar refractivity (Wildman–Crippen MR) is 39.9 cm³/mol. The summed E-state index contributed by atoms with van der Waals surface area (Å²) in [7, 11) is 0. The lowest BCUT2D eigenvalue weighted by atomic mass is 9.80. The fourth-order valence-corrected chi connectivity index (χ4v) is 2.90. The summed E-state index contributed by atoms with van der Waals surface area (Å²) >= 11 is 6.11. The molecular weight excluding hydrogens is 150 g/mol. The van der Waals surface area contributed by atoms with E-state index < -0.39 is 5.60 Å². The average Bonchev–Trinajstić information content (AvgIpc) is 2.17. The zero-order chi connectivity index (χ0) is 7.41. The number of hydrogen-bond donors (Lipinski definition) is 2. The molecule has 0 aliphatic heterocycles. The number of nitrogens with two attached hydrogens (primary N) is 1. The van der Waals surface area contributed by atoms with E-state index >= 15 is 0 Å². The number of hydrogen-bond acceptors (Lipinski definition) is 2. The first kappa shape index (κ1) is 6.89. The highest BCUT2D eigenvalue weighted by Gasteiger charge is 2.64. The summed E-state index contributed by atoms with van der Waals surface area (Å²) in [6.45, 7) is 0.312. The molecule has 3 saturated carbocycles. The Morgan fingerprint density at radius 1 is 1.50 bits per heavy atom. The van der Waals surface area contributed by atoms with Gasteiger partial charge < -0.3 is 10.8 Å². The topological polar surface area (TPSA) is 46.2 Å². The van der Waals surface area contributed by atoms with Crippen molar-refractivity contribution in [3.63, 3.8) is 0 Å². The quantitative estimate of drug-likeness (QED) is 0.550. The number of alkyl halides is 1. The van der Waals surface area contributed by atoms with Crippen molar-refractivity contribution in [3.8, 4) is 0 Å². The molecule has 0 radical (unpaired) electrons. The van der Waals surface area contributed by atoms with Gasteiger partial charge >= 0.3 is 0 Å². The molecule has 0 aromatic rings. The van der Waals surface area contributed by atoms with E-state index in [0.29, 0.717) is 12.5 Å². The number of halogens is 1. The van der Waals surface area contributed by atoms with E-state index in [1.54, 1.807) is 0 Å². The van der Waals surface area contributed by atoms with Gasteiger partial charge in [0.1, 0.15) is 0 Å². The molecule has 2 nitrogen and oxygen atoms in total. The molecule has 10 heavy (non-hydrogen) atoms. The van der Waals surface area contributed by atoms with Crippen molar-refractivity contribution in [2.45, 2.75) is 29.7 Å². The van der Waals surface area contributed by atoms with Crippen LogP contribution in [0.4, 0.5) is 0 Å². The van der Waals surface area contributed by atoms with E-state index in [4.69, 9.17) is 17.3 Å². The lowest BCUT2D eigenvalue weighted by molar-refractivity contribution is 0.0341. The van der Waals surface area contributed by atoms with Crippen LogP contribution in [-0.4, -0.2) is 22.1 Å². The van der Waals surface area contributed by atoms with Crippen molar-refractivity contribution in [3.05, 3.63) is 0 Å². The maximum Gasteiger partial charge on any atom is 0.0962 e. The lowest BCUT2D eigenvalue weighted by Gasteiger charge is -2.39. The fourth-order valence-electron chi connectivity index (χ4n) is 2.31. The monoisotopic (exact) mass is 161 g/mol. The highest BCUT2D eigenvalue weighted by Crippen LogP contribution is 2.61. The predicted octanol–water partition coefficient (Wildman–Crippen LogP) is 0.467. The van der Waals surface area contributed by atoms with Crippen LogP contribution in [0.25, 0.3) is 0 Å². The van der Waals surface area contributed by atoms with Gasteiger partial charge in [-0.25, -0.2) is 0 Å². The summed E-state index contributed by atoms with van der Waals surface area (Å²) in [4.78, 5) is -0.355. The van der Waals surface area contributed by atoms with Gasteiger partial charge in [0.05, 0.1) is 10.5 Å². The molecule has 0 amide bonds. The average molecular weight is 162 g/mol. The van der Waals surface area contributed by atoms with Gasteiger partial charge in [-0.05, 0) is 25.2 Å². The second-order valence-electron chi connectivity index (χ2n) is 3.68. The SMILES string of the molecule is NCC1(O)CC2CC1(Cl)C2. The first-order valence-electron chi connectivity index (χ1n) is 3.71. The molecule has 0 heterocycles. The third-order valence-electron chi connectivity index (χ3n) is 3.02. The molecule has 58 valence electrons. The van der Waals surface area contributed by atoms with Crippen LogP contribution < -0.4 is 5.73 Å². The van der Waals surface area contributed by atoms with Gasteiger partial charge in [0.2, 0.25) is 0 Å². The van der Waals surface area contributed by atoms with E-state index in [9.17, 15) is 5.11 Å². The normalized spacial score (nSPS) is 58.5. The molecule has 1 unspecified atom stereocenters. The smallest absolute Gasteiger partial charge is 0.0962 e. The van der Waals surface area contributed by atoms with Crippen molar-refractivity contribution in [2.24, 2.45) is 11.7 Å². The molecule has 2 bridgehead atoms. The zero-order valence-electron chi connectivity index (χ0n) is 5.81. The van der Waals surface area contributed by atoms with E-state index in [1.165, 1.54) is 0 Å². The molecular formula is C7H12ClNO. The second kappa shape index (κ2) is 1.68. The molecule has 1 atom stereocenters. The Labute approximate surface area is 65.4 Å². The summed E-state index contributed by atoms with van der Waals surface area (Å²) in [5.74, 6) is 0.644. The number of rotatable bonds is 1. The van der Waals surface area contributed by atoms with Crippen LogP contribution in [0.2, 0.25) is 0 Å². The van der Waals surface area contributed by atoms with Crippen molar-refractivity contribution >= 4 is 11.6 Å². The van der Waals surface area contributed by atoms with Crippen molar-refractivity contribution in [2.75, 3.05) is 6.54 Å². The van der Waals surface area contributed by atoms with E-state index in [-0.39, 0.29) is 4.87 Å². The third kappa shape index (κ3) is 0.576. The number of aliphatic hydroxyl groups is 1. The van der Waals surface area contributed by atoms with E-state index in [0.717, 1.165) is 19.3 Å². The summed E-state index contributed by atoms with van der Waals surface area (Å²) in [6, 6.07) is 0. The molecule has 0 spiro atoms. The second-order valence-corrected chi connectivity index (χ2v) is 4.40. The van der Waals surface area contributed by atoms with Crippen LogP contribution in [-0.2, 0) is 0 Å². The molecule has 3 rings (SSSR count). The van der Waals surface area contributed by atoms with Gasteiger partial charge in [0, 0.05) is 6.54 Å². The van der Waals surface area contributed by atoms with Gasteiger partial charge in [-0.1, -0.05) is 0 Å². The van der Waals surface area contributed by atoms with Gasteiger partial charge in [-0.15, -0.1) is 11.6 Å². The Balaban J connectivity index is 2.25. The van der Waals surface area contributed by atoms with Crippen LogP contribution in [0.1, 0.15) is 19.3 Å². The largest absolute Gasteiger partial charge is 0.387 e. The molecule has 3 N–H and O–H groups in total. The summed E-state index contributed by atoms with van der Waals surface area (Å²) in [6.07, 6.45) is 2.73. The summed E-state index contributed by atoms with van der Waals surface area (Å²) in [5.41, 5.74) is 4.69. The fraction of sp³-hybridized carbons (Fsp3) is 1.00. The van der Waals surface area contributed by atoms with Crippen LogP contribution in [0, 0.1) is 5.92 Å². The molecule has 3 aliphatic carbocycles. The minimum Gasteiger partial charge on any atom is -0.387 e. The Hall–Kier alpha value is 0.210. The Morgan fingerprint density at radius 2 is 2.10 bits per heavy atom. The van der Waals surface area contributed by atoms with Gasteiger partial charge in [-0.3, -0.25) is 0 Å². The first-order valence-corrected chi connectivity index (χ1v) is 4.09. The highest BCUT2D eigenvalue weighted by molar-refractivity contribution is 6.26. The van der Waals surface area contributed by atoms with Crippen molar-refractivity contribution < 1.29 is 5.11 Å². The Morgan fingerprint density at radius 3 is 2.30 bits per heavy atom. The highest BCUT2D eigenvalue weighted by atomic mass is 35.5. The summed E-state index contributed by atoms with van der Waals surface area (Å²) < 4.78 is 0. The van der Waals surface area contributed by atoms with Gasteiger partial charge in [0.15, 0.2) is 0 Å². The van der Waals surface area contributed by atoms with Gasteiger partial charge in [-0.2, -0.15) is 0 Å². The maximum atomic E-state index is 9.81. The molecule has 3 fully saturated rings. The van der Waals surface area contributed by atoms with E-state index in [1.807, 2.05) is 0 Å².